The minimum Gasteiger partial charge on any atom is -0.379 e. The van der Waals surface area contributed by atoms with Crippen LogP contribution in [0.15, 0.2) is 24.3 Å². The summed E-state index contributed by atoms with van der Waals surface area (Å²) in [6.45, 7) is 8.00. The summed E-state index contributed by atoms with van der Waals surface area (Å²) in [5.74, 6) is -0.170. The van der Waals surface area contributed by atoms with Crippen LogP contribution in [0, 0.1) is 5.82 Å². The molecule has 1 fully saturated rings. The Morgan fingerprint density at radius 1 is 1.26 bits per heavy atom. The lowest BCUT2D eigenvalue weighted by Gasteiger charge is -2.27. The van der Waals surface area contributed by atoms with Crippen molar-refractivity contribution in [2.45, 2.75) is 19.4 Å². The first-order valence-corrected chi connectivity index (χ1v) is 7.02. The minimum atomic E-state index is -0.170. The summed E-state index contributed by atoms with van der Waals surface area (Å²) < 4.78 is 18.1. The zero-order valence-electron chi connectivity index (χ0n) is 11.6. The number of halogens is 1. The van der Waals surface area contributed by atoms with Crippen LogP contribution in [0.5, 0.6) is 0 Å². The summed E-state index contributed by atoms with van der Waals surface area (Å²) in [5.41, 5.74) is 1.17. The Morgan fingerprint density at radius 2 is 1.95 bits per heavy atom. The predicted octanol–water partition coefficient (Wildman–Crippen LogP) is 1.68. The number of benzene rings is 1. The Kier molecular flexibility index (Phi) is 5.76. The van der Waals surface area contributed by atoms with Gasteiger partial charge in [-0.3, -0.25) is 4.90 Å². The lowest BCUT2D eigenvalue weighted by molar-refractivity contribution is 0.0382. The quantitative estimate of drug-likeness (QED) is 0.848. The molecule has 1 aromatic rings. The lowest BCUT2D eigenvalue weighted by atomic mass is 10.1. The van der Waals surface area contributed by atoms with E-state index >= 15 is 0 Å². The van der Waals surface area contributed by atoms with Crippen molar-refractivity contribution in [2.75, 3.05) is 39.4 Å². The van der Waals surface area contributed by atoms with Gasteiger partial charge in [0.05, 0.1) is 13.2 Å². The van der Waals surface area contributed by atoms with Crippen LogP contribution >= 0.6 is 0 Å². The summed E-state index contributed by atoms with van der Waals surface area (Å²) in [6.07, 6.45) is 0.934. The van der Waals surface area contributed by atoms with Gasteiger partial charge in [-0.25, -0.2) is 4.39 Å². The second-order valence-corrected chi connectivity index (χ2v) is 5.14. The molecule has 1 heterocycles. The molecule has 1 N–H and O–H groups in total. The number of hydrogen-bond donors (Lipinski definition) is 1. The van der Waals surface area contributed by atoms with E-state index in [2.05, 4.69) is 17.1 Å². The molecule has 0 amide bonds. The van der Waals surface area contributed by atoms with E-state index in [0.29, 0.717) is 6.04 Å². The first kappa shape index (κ1) is 14.4. The van der Waals surface area contributed by atoms with Crippen molar-refractivity contribution >= 4 is 0 Å². The number of nitrogens with zero attached hydrogens (tertiary/aromatic N) is 1. The van der Waals surface area contributed by atoms with Crippen molar-refractivity contribution in [3.05, 3.63) is 35.6 Å². The maximum atomic E-state index is 12.8. The molecule has 1 aliphatic rings. The molecule has 0 aliphatic carbocycles. The zero-order valence-corrected chi connectivity index (χ0v) is 11.6. The fraction of sp³-hybridized carbons (Fsp3) is 0.600. The summed E-state index contributed by atoms with van der Waals surface area (Å²) in [7, 11) is 0. The van der Waals surface area contributed by atoms with Crippen molar-refractivity contribution in [3.8, 4) is 0 Å². The third kappa shape index (κ3) is 5.27. The molecule has 0 saturated carbocycles. The van der Waals surface area contributed by atoms with Crippen molar-refractivity contribution < 1.29 is 9.13 Å². The molecule has 2 rings (SSSR count). The smallest absolute Gasteiger partial charge is 0.123 e. The van der Waals surface area contributed by atoms with Crippen molar-refractivity contribution in [1.29, 1.82) is 0 Å². The van der Waals surface area contributed by atoms with E-state index in [-0.39, 0.29) is 5.82 Å². The summed E-state index contributed by atoms with van der Waals surface area (Å²) in [6, 6.07) is 7.17. The average Bonchev–Trinajstić information content (AvgIpc) is 2.43. The topological polar surface area (TPSA) is 24.5 Å². The SMILES string of the molecule is CC(Cc1ccc(F)cc1)NCCN1CCOCC1. The fourth-order valence-electron chi connectivity index (χ4n) is 2.34. The van der Waals surface area contributed by atoms with E-state index in [4.69, 9.17) is 4.74 Å². The molecule has 1 atom stereocenters. The van der Waals surface area contributed by atoms with Crippen LogP contribution in [0.1, 0.15) is 12.5 Å². The van der Waals surface area contributed by atoms with E-state index in [9.17, 15) is 4.39 Å². The van der Waals surface area contributed by atoms with Gasteiger partial charge in [-0.1, -0.05) is 12.1 Å². The second-order valence-electron chi connectivity index (χ2n) is 5.14. The molecule has 0 spiro atoms. The van der Waals surface area contributed by atoms with Gasteiger partial charge in [0, 0.05) is 32.2 Å². The first-order valence-electron chi connectivity index (χ1n) is 7.02. The van der Waals surface area contributed by atoms with Gasteiger partial charge in [-0.05, 0) is 31.0 Å². The van der Waals surface area contributed by atoms with Gasteiger partial charge >= 0.3 is 0 Å². The zero-order chi connectivity index (χ0) is 13.5. The number of nitrogens with one attached hydrogen (secondary N) is 1. The van der Waals surface area contributed by atoms with Crippen LogP contribution in [0.25, 0.3) is 0 Å². The Morgan fingerprint density at radius 3 is 2.63 bits per heavy atom. The van der Waals surface area contributed by atoms with E-state index in [1.807, 2.05) is 12.1 Å². The molecule has 106 valence electrons. The number of ether oxygens (including phenoxy) is 1. The van der Waals surface area contributed by atoms with E-state index < -0.39 is 0 Å². The van der Waals surface area contributed by atoms with Crippen LogP contribution in [-0.4, -0.2) is 50.3 Å². The third-order valence-electron chi connectivity index (χ3n) is 3.48. The molecule has 1 unspecified atom stereocenters. The lowest BCUT2D eigenvalue weighted by Crippen LogP contribution is -2.42. The highest BCUT2D eigenvalue weighted by Gasteiger charge is 2.10. The van der Waals surface area contributed by atoms with Crippen LogP contribution in [0.3, 0.4) is 0 Å². The van der Waals surface area contributed by atoms with Gasteiger partial charge in [0.1, 0.15) is 5.82 Å². The molecule has 0 radical (unpaired) electrons. The molecular weight excluding hydrogens is 243 g/mol. The van der Waals surface area contributed by atoms with Crippen LogP contribution < -0.4 is 5.32 Å². The van der Waals surface area contributed by atoms with Gasteiger partial charge < -0.3 is 10.1 Å². The fourth-order valence-corrected chi connectivity index (χ4v) is 2.34. The van der Waals surface area contributed by atoms with E-state index in [0.717, 1.165) is 45.8 Å². The minimum absolute atomic E-state index is 0.170. The van der Waals surface area contributed by atoms with E-state index in [1.165, 1.54) is 17.7 Å². The molecule has 1 saturated heterocycles. The largest absolute Gasteiger partial charge is 0.379 e. The van der Waals surface area contributed by atoms with Crippen LogP contribution in [0.4, 0.5) is 4.39 Å². The average molecular weight is 266 g/mol. The highest BCUT2D eigenvalue weighted by molar-refractivity contribution is 5.16. The maximum absolute atomic E-state index is 12.8. The molecular formula is C15H23FN2O. The van der Waals surface area contributed by atoms with Crippen molar-refractivity contribution in [3.63, 3.8) is 0 Å². The standard InChI is InChI=1S/C15H23FN2O/c1-13(12-14-2-4-15(16)5-3-14)17-6-7-18-8-10-19-11-9-18/h2-5,13,17H,6-12H2,1H3. The first-order chi connectivity index (χ1) is 9.24. The van der Waals surface area contributed by atoms with Gasteiger partial charge in [0.2, 0.25) is 0 Å². The normalized spacial score (nSPS) is 18.4. The second kappa shape index (κ2) is 7.58. The van der Waals surface area contributed by atoms with Crippen molar-refractivity contribution in [1.82, 2.24) is 10.2 Å². The molecule has 3 nitrogen and oxygen atoms in total. The van der Waals surface area contributed by atoms with Gasteiger partial charge in [-0.15, -0.1) is 0 Å². The monoisotopic (exact) mass is 266 g/mol. The molecule has 1 aromatic carbocycles. The molecule has 0 aromatic heterocycles. The number of morpholine rings is 1. The van der Waals surface area contributed by atoms with Gasteiger partial charge in [-0.2, -0.15) is 0 Å². The number of hydrogen-bond acceptors (Lipinski definition) is 3. The molecule has 19 heavy (non-hydrogen) atoms. The van der Waals surface area contributed by atoms with E-state index in [1.54, 1.807) is 0 Å². The summed E-state index contributed by atoms with van der Waals surface area (Å²) >= 11 is 0. The predicted molar refractivity (Wildman–Crippen MR) is 74.8 cm³/mol. The third-order valence-corrected chi connectivity index (χ3v) is 3.48. The molecule has 1 aliphatic heterocycles. The van der Waals surface area contributed by atoms with Crippen LogP contribution in [0.2, 0.25) is 0 Å². The van der Waals surface area contributed by atoms with Crippen molar-refractivity contribution in [2.24, 2.45) is 0 Å². The number of rotatable bonds is 6. The molecule has 4 heteroatoms. The van der Waals surface area contributed by atoms with Gasteiger partial charge in [0.15, 0.2) is 0 Å². The molecule has 0 bridgehead atoms. The summed E-state index contributed by atoms with van der Waals surface area (Å²) in [4.78, 5) is 2.42. The highest BCUT2D eigenvalue weighted by Crippen LogP contribution is 2.05. The van der Waals surface area contributed by atoms with Crippen LogP contribution in [-0.2, 0) is 11.2 Å². The Hall–Kier alpha value is -0.970. The Labute approximate surface area is 114 Å². The maximum Gasteiger partial charge on any atom is 0.123 e. The highest BCUT2D eigenvalue weighted by atomic mass is 19.1. The Bertz CT molecular complexity index is 363. The van der Waals surface area contributed by atoms with Gasteiger partial charge in [0.25, 0.3) is 0 Å². The summed E-state index contributed by atoms with van der Waals surface area (Å²) in [5, 5.41) is 3.52. The Balaban J connectivity index is 1.63.